The van der Waals surface area contributed by atoms with Crippen molar-refractivity contribution in [3.8, 4) is 0 Å². The third-order valence-electron chi connectivity index (χ3n) is 4.50. The van der Waals surface area contributed by atoms with E-state index in [-0.39, 0.29) is 0 Å². The van der Waals surface area contributed by atoms with Gasteiger partial charge in [-0.3, -0.25) is 0 Å². The second kappa shape index (κ2) is 7.42. The number of fused-ring (bicyclic) bond motifs is 1. The molecule has 2 aromatic rings. The molecule has 0 fully saturated rings. The highest BCUT2D eigenvalue weighted by Gasteiger charge is 2.15. The maximum atomic E-state index is 3.77. The molecule has 0 saturated carbocycles. The van der Waals surface area contributed by atoms with Gasteiger partial charge in [0, 0.05) is 6.04 Å². The zero-order valence-corrected chi connectivity index (χ0v) is 12.7. The van der Waals surface area contributed by atoms with Crippen molar-refractivity contribution in [3.05, 3.63) is 71.3 Å². The van der Waals surface area contributed by atoms with Gasteiger partial charge in [-0.05, 0) is 61.8 Å². The maximum Gasteiger partial charge on any atom is 0.0108 e. The van der Waals surface area contributed by atoms with Gasteiger partial charge in [-0.25, -0.2) is 0 Å². The van der Waals surface area contributed by atoms with Crippen molar-refractivity contribution in [1.82, 2.24) is 5.32 Å². The molecule has 21 heavy (non-hydrogen) atoms. The summed E-state index contributed by atoms with van der Waals surface area (Å²) in [7, 11) is 0. The van der Waals surface area contributed by atoms with E-state index in [1.807, 2.05) is 0 Å². The van der Waals surface area contributed by atoms with E-state index < -0.39 is 0 Å². The summed E-state index contributed by atoms with van der Waals surface area (Å²) in [6.45, 7) is 1.13. The third kappa shape index (κ3) is 4.18. The maximum absolute atomic E-state index is 3.77. The van der Waals surface area contributed by atoms with Gasteiger partial charge in [0.25, 0.3) is 0 Å². The first-order valence-electron chi connectivity index (χ1n) is 8.26. The fourth-order valence-corrected chi connectivity index (χ4v) is 3.32. The standard InChI is InChI=1S/C20H25N/c1-2-8-17(9-3-1)10-7-15-21-20-14-6-13-18-11-4-5-12-19(18)16-20/h1-5,8-9,11-12,20-21H,6-7,10,13-16H2/t20-/m1/s1. The molecule has 0 heterocycles. The summed E-state index contributed by atoms with van der Waals surface area (Å²) in [5, 5.41) is 3.77. The van der Waals surface area contributed by atoms with E-state index in [1.54, 1.807) is 11.1 Å². The molecule has 0 aliphatic heterocycles. The van der Waals surface area contributed by atoms with Gasteiger partial charge < -0.3 is 5.32 Å². The quantitative estimate of drug-likeness (QED) is 0.640. The summed E-state index contributed by atoms with van der Waals surface area (Å²) < 4.78 is 0. The van der Waals surface area contributed by atoms with Gasteiger partial charge in [-0.15, -0.1) is 0 Å². The first kappa shape index (κ1) is 14.3. The second-order valence-electron chi connectivity index (χ2n) is 6.11. The van der Waals surface area contributed by atoms with E-state index in [0.29, 0.717) is 6.04 Å². The Morgan fingerprint density at radius 1 is 0.905 bits per heavy atom. The molecular weight excluding hydrogens is 254 g/mol. The van der Waals surface area contributed by atoms with Gasteiger partial charge in [-0.1, -0.05) is 54.6 Å². The first-order chi connectivity index (χ1) is 10.4. The van der Waals surface area contributed by atoms with Crippen LogP contribution in [0.3, 0.4) is 0 Å². The zero-order chi connectivity index (χ0) is 14.3. The summed E-state index contributed by atoms with van der Waals surface area (Å²) in [6.07, 6.45) is 7.46. The van der Waals surface area contributed by atoms with Gasteiger partial charge in [0.15, 0.2) is 0 Å². The molecule has 0 bridgehead atoms. The van der Waals surface area contributed by atoms with E-state index >= 15 is 0 Å². The normalized spacial score (nSPS) is 18.0. The van der Waals surface area contributed by atoms with Crippen LogP contribution < -0.4 is 5.32 Å². The highest BCUT2D eigenvalue weighted by atomic mass is 14.9. The average molecular weight is 279 g/mol. The van der Waals surface area contributed by atoms with E-state index in [0.717, 1.165) is 6.54 Å². The number of hydrogen-bond donors (Lipinski definition) is 1. The van der Waals surface area contributed by atoms with E-state index in [9.17, 15) is 0 Å². The lowest BCUT2D eigenvalue weighted by Crippen LogP contribution is -2.31. The summed E-state index contributed by atoms with van der Waals surface area (Å²) >= 11 is 0. The van der Waals surface area contributed by atoms with Crippen molar-refractivity contribution in [3.63, 3.8) is 0 Å². The van der Waals surface area contributed by atoms with Crippen LogP contribution in [0.5, 0.6) is 0 Å². The van der Waals surface area contributed by atoms with Crippen molar-refractivity contribution >= 4 is 0 Å². The molecule has 2 aromatic carbocycles. The van der Waals surface area contributed by atoms with Crippen molar-refractivity contribution < 1.29 is 0 Å². The molecule has 0 unspecified atom stereocenters. The molecule has 0 saturated heterocycles. The van der Waals surface area contributed by atoms with Gasteiger partial charge >= 0.3 is 0 Å². The van der Waals surface area contributed by atoms with Crippen LogP contribution in [0.25, 0.3) is 0 Å². The van der Waals surface area contributed by atoms with Crippen LogP contribution in [-0.2, 0) is 19.3 Å². The summed E-state index contributed by atoms with van der Waals surface area (Å²) in [5.74, 6) is 0. The van der Waals surface area contributed by atoms with Gasteiger partial charge in [-0.2, -0.15) is 0 Å². The van der Waals surface area contributed by atoms with E-state index in [1.165, 1.54) is 44.1 Å². The molecule has 1 N–H and O–H groups in total. The van der Waals surface area contributed by atoms with Crippen LogP contribution in [0, 0.1) is 0 Å². The Labute approximate surface area is 128 Å². The minimum atomic E-state index is 0.657. The minimum absolute atomic E-state index is 0.657. The summed E-state index contributed by atoms with van der Waals surface area (Å²) in [6, 6.07) is 20.4. The molecule has 1 nitrogen and oxygen atoms in total. The molecule has 3 rings (SSSR count). The van der Waals surface area contributed by atoms with Crippen molar-refractivity contribution in [2.24, 2.45) is 0 Å². The number of rotatable bonds is 5. The van der Waals surface area contributed by atoms with Crippen LogP contribution >= 0.6 is 0 Å². The van der Waals surface area contributed by atoms with Crippen LogP contribution in [0.1, 0.15) is 36.0 Å². The molecule has 1 aliphatic rings. The topological polar surface area (TPSA) is 12.0 Å². The Hall–Kier alpha value is -1.60. The Balaban J connectivity index is 1.45. The Morgan fingerprint density at radius 2 is 1.67 bits per heavy atom. The SMILES string of the molecule is c1ccc(CCCN[C@@H]2CCCc3ccccc3C2)cc1. The highest BCUT2D eigenvalue weighted by molar-refractivity contribution is 5.29. The molecule has 1 atom stereocenters. The van der Waals surface area contributed by atoms with Crippen LogP contribution in [0.4, 0.5) is 0 Å². The lowest BCUT2D eigenvalue weighted by atomic mass is 10.0. The lowest BCUT2D eigenvalue weighted by molar-refractivity contribution is 0.470. The van der Waals surface area contributed by atoms with Crippen LogP contribution in [0.2, 0.25) is 0 Å². The smallest absolute Gasteiger partial charge is 0.0108 e. The molecule has 1 aliphatic carbocycles. The average Bonchev–Trinajstić information content (AvgIpc) is 2.74. The number of hydrogen-bond acceptors (Lipinski definition) is 1. The molecule has 0 spiro atoms. The summed E-state index contributed by atoms with van der Waals surface area (Å²) in [4.78, 5) is 0. The monoisotopic (exact) mass is 279 g/mol. The van der Waals surface area contributed by atoms with Crippen LogP contribution in [-0.4, -0.2) is 12.6 Å². The molecule has 1 heteroatoms. The van der Waals surface area contributed by atoms with Gasteiger partial charge in [0.2, 0.25) is 0 Å². The fraction of sp³-hybridized carbons (Fsp3) is 0.400. The van der Waals surface area contributed by atoms with Gasteiger partial charge in [0.1, 0.15) is 0 Å². The lowest BCUT2D eigenvalue weighted by Gasteiger charge is -2.17. The molecular formula is C20H25N. The molecule has 0 aromatic heterocycles. The number of aryl methyl sites for hydroxylation is 2. The predicted molar refractivity (Wildman–Crippen MR) is 89.6 cm³/mol. The van der Waals surface area contributed by atoms with Crippen molar-refractivity contribution in [2.75, 3.05) is 6.54 Å². The number of nitrogens with one attached hydrogen (secondary N) is 1. The number of benzene rings is 2. The van der Waals surface area contributed by atoms with E-state index in [2.05, 4.69) is 59.9 Å². The summed E-state index contributed by atoms with van der Waals surface area (Å²) in [5.41, 5.74) is 4.56. The van der Waals surface area contributed by atoms with E-state index in [4.69, 9.17) is 0 Å². The largest absolute Gasteiger partial charge is 0.314 e. The first-order valence-corrected chi connectivity index (χ1v) is 8.26. The Morgan fingerprint density at radius 3 is 2.52 bits per heavy atom. The third-order valence-corrected chi connectivity index (χ3v) is 4.50. The zero-order valence-electron chi connectivity index (χ0n) is 12.7. The predicted octanol–water partition coefficient (Wildman–Crippen LogP) is 4.16. The van der Waals surface area contributed by atoms with Crippen molar-refractivity contribution in [2.45, 2.75) is 44.6 Å². The fourth-order valence-electron chi connectivity index (χ4n) is 3.32. The Bertz CT molecular complexity index is 547. The highest BCUT2D eigenvalue weighted by Crippen LogP contribution is 2.20. The minimum Gasteiger partial charge on any atom is -0.314 e. The van der Waals surface area contributed by atoms with Crippen LogP contribution in [0.15, 0.2) is 54.6 Å². The molecule has 0 amide bonds. The molecule has 110 valence electrons. The van der Waals surface area contributed by atoms with Gasteiger partial charge in [0.05, 0.1) is 0 Å². The molecule has 0 radical (unpaired) electrons. The second-order valence-corrected chi connectivity index (χ2v) is 6.11. The Kier molecular flexibility index (Phi) is 5.07. The van der Waals surface area contributed by atoms with Crippen molar-refractivity contribution in [1.29, 1.82) is 0 Å².